The molecule has 6 heteroatoms. The lowest BCUT2D eigenvalue weighted by molar-refractivity contribution is 0.00556. The summed E-state index contributed by atoms with van der Waals surface area (Å²) in [6.45, 7) is 1.44. The van der Waals surface area contributed by atoms with Gasteiger partial charge in [0.25, 0.3) is 0 Å². The van der Waals surface area contributed by atoms with E-state index in [4.69, 9.17) is 4.74 Å². The van der Waals surface area contributed by atoms with Crippen LogP contribution in [0.2, 0.25) is 0 Å². The van der Waals surface area contributed by atoms with Gasteiger partial charge in [0.1, 0.15) is 0 Å². The Labute approximate surface area is 152 Å². The Bertz CT molecular complexity index is 692. The monoisotopic (exact) mass is 357 g/mol. The van der Waals surface area contributed by atoms with Crippen molar-refractivity contribution in [1.29, 1.82) is 0 Å². The zero-order chi connectivity index (χ0) is 17.1. The molecule has 3 heterocycles. The fraction of sp³-hybridized carbons (Fsp3) is 0.474. The third kappa shape index (κ3) is 3.70. The van der Waals surface area contributed by atoms with Crippen LogP contribution >= 0.6 is 11.3 Å². The second-order valence-electron chi connectivity index (χ2n) is 6.67. The van der Waals surface area contributed by atoms with Crippen molar-refractivity contribution in [2.45, 2.75) is 43.9 Å². The van der Waals surface area contributed by atoms with Crippen molar-refractivity contribution in [1.82, 2.24) is 15.2 Å². The minimum absolute atomic E-state index is 0.0299. The fourth-order valence-electron chi connectivity index (χ4n) is 3.84. The van der Waals surface area contributed by atoms with Crippen LogP contribution in [0.4, 0.5) is 4.79 Å². The third-order valence-electron chi connectivity index (χ3n) is 5.08. The molecule has 1 aromatic heterocycles. The number of ether oxygens (including phenoxy) is 1. The highest BCUT2D eigenvalue weighted by Crippen LogP contribution is 2.39. The summed E-state index contributed by atoms with van der Waals surface area (Å²) < 4.78 is 6.26. The standard InChI is InChI=1S/C19H23N3O2S/c23-19(20-9-8-15-12-25-13-21-15)22-10-4-7-17-16(22)11-18(24-17)14-5-2-1-3-6-14/h1-3,5-6,12-13,16-18H,4,7-11H2,(H,20,23)/t16-,17-,18-/m0/s1. The summed E-state index contributed by atoms with van der Waals surface area (Å²) in [5, 5.41) is 5.08. The van der Waals surface area contributed by atoms with E-state index in [1.165, 1.54) is 5.56 Å². The van der Waals surface area contributed by atoms with E-state index in [1.807, 2.05) is 34.0 Å². The first-order chi connectivity index (χ1) is 12.3. The molecule has 2 aliphatic rings. The topological polar surface area (TPSA) is 54.5 Å². The van der Waals surface area contributed by atoms with E-state index in [9.17, 15) is 4.79 Å². The van der Waals surface area contributed by atoms with Crippen molar-refractivity contribution >= 4 is 17.4 Å². The normalized spacial score (nSPS) is 25.6. The molecule has 2 saturated heterocycles. The van der Waals surface area contributed by atoms with Gasteiger partial charge in [-0.05, 0) is 18.4 Å². The number of hydrogen-bond donors (Lipinski definition) is 1. The van der Waals surface area contributed by atoms with Crippen LogP contribution in [0.25, 0.3) is 0 Å². The van der Waals surface area contributed by atoms with E-state index in [0.29, 0.717) is 6.54 Å². The Balaban J connectivity index is 1.36. The molecule has 25 heavy (non-hydrogen) atoms. The number of carbonyl (C=O) groups is 1. The van der Waals surface area contributed by atoms with Gasteiger partial charge in [0.15, 0.2) is 0 Å². The van der Waals surface area contributed by atoms with Gasteiger partial charge in [0.05, 0.1) is 29.5 Å². The summed E-state index contributed by atoms with van der Waals surface area (Å²) in [6.07, 6.45) is 3.95. The highest BCUT2D eigenvalue weighted by molar-refractivity contribution is 7.07. The number of thiazole rings is 1. The van der Waals surface area contributed by atoms with Crippen molar-refractivity contribution in [3.8, 4) is 0 Å². The van der Waals surface area contributed by atoms with Gasteiger partial charge in [0.2, 0.25) is 0 Å². The highest BCUT2D eigenvalue weighted by atomic mass is 32.1. The van der Waals surface area contributed by atoms with Crippen LogP contribution in [0.5, 0.6) is 0 Å². The van der Waals surface area contributed by atoms with E-state index < -0.39 is 0 Å². The van der Waals surface area contributed by atoms with Crippen molar-refractivity contribution in [3.05, 3.63) is 52.5 Å². The highest BCUT2D eigenvalue weighted by Gasteiger charge is 2.43. The van der Waals surface area contributed by atoms with E-state index >= 15 is 0 Å². The Morgan fingerprint density at radius 1 is 1.36 bits per heavy atom. The molecule has 0 spiro atoms. The Morgan fingerprint density at radius 3 is 3.04 bits per heavy atom. The Morgan fingerprint density at radius 2 is 2.24 bits per heavy atom. The zero-order valence-corrected chi connectivity index (χ0v) is 15.0. The molecular weight excluding hydrogens is 334 g/mol. The maximum atomic E-state index is 12.7. The summed E-state index contributed by atoms with van der Waals surface area (Å²) >= 11 is 1.59. The van der Waals surface area contributed by atoms with Gasteiger partial charge >= 0.3 is 6.03 Å². The van der Waals surface area contributed by atoms with Crippen LogP contribution < -0.4 is 5.32 Å². The van der Waals surface area contributed by atoms with Crippen LogP contribution in [0.15, 0.2) is 41.2 Å². The van der Waals surface area contributed by atoms with Crippen LogP contribution in [0.1, 0.15) is 36.6 Å². The first-order valence-electron chi connectivity index (χ1n) is 8.93. The molecular formula is C19H23N3O2S. The van der Waals surface area contributed by atoms with Gasteiger partial charge < -0.3 is 15.0 Å². The second-order valence-corrected chi connectivity index (χ2v) is 7.39. The maximum Gasteiger partial charge on any atom is 0.317 e. The molecule has 5 nitrogen and oxygen atoms in total. The summed E-state index contributed by atoms with van der Waals surface area (Å²) in [7, 11) is 0. The number of rotatable bonds is 4. The average molecular weight is 357 g/mol. The molecule has 2 amide bonds. The SMILES string of the molecule is O=C(NCCc1cscn1)N1CCC[C@@H]2O[C@H](c3ccccc3)C[C@@H]21. The molecule has 0 saturated carbocycles. The molecule has 2 aliphatic heterocycles. The molecule has 0 bridgehead atoms. The predicted molar refractivity (Wildman–Crippen MR) is 97.6 cm³/mol. The summed E-state index contributed by atoms with van der Waals surface area (Å²) in [5.74, 6) is 0. The lowest BCUT2D eigenvalue weighted by atomic mass is 9.96. The number of benzene rings is 1. The zero-order valence-electron chi connectivity index (χ0n) is 14.1. The van der Waals surface area contributed by atoms with Gasteiger partial charge in [-0.25, -0.2) is 9.78 Å². The molecule has 3 atom stereocenters. The van der Waals surface area contributed by atoms with Crippen molar-refractivity contribution < 1.29 is 9.53 Å². The number of aromatic nitrogens is 1. The molecule has 2 fully saturated rings. The Kier molecular flexibility index (Phi) is 4.99. The predicted octanol–water partition coefficient (Wildman–Crippen LogP) is 3.39. The van der Waals surface area contributed by atoms with Crippen molar-refractivity contribution in [2.24, 2.45) is 0 Å². The molecule has 1 aromatic carbocycles. The first-order valence-corrected chi connectivity index (χ1v) is 9.87. The summed E-state index contributed by atoms with van der Waals surface area (Å²) in [6, 6.07) is 10.5. The number of urea groups is 1. The van der Waals surface area contributed by atoms with E-state index in [2.05, 4.69) is 22.4 Å². The molecule has 2 aromatic rings. The number of amides is 2. The van der Waals surface area contributed by atoms with Crippen LogP contribution in [-0.2, 0) is 11.2 Å². The third-order valence-corrected chi connectivity index (χ3v) is 5.72. The quantitative estimate of drug-likeness (QED) is 0.912. The number of nitrogens with one attached hydrogen (secondary N) is 1. The number of nitrogens with zero attached hydrogens (tertiary/aromatic N) is 2. The summed E-state index contributed by atoms with van der Waals surface area (Å²) in [5.41, 5.74) is 4.07. The largest absolute Gasteiger partial charge is 0.368 e. The van der Waals surface area contributed by atoms with Gasteiger partial charge in [-0.1, -0.05) is 30.3 Å². The Hall–Kier alpha value is -1.92. The maximum absolute atomic E-state index is 12.7. The van der Waals surface area contributed by atoms with Crippen molar-refractivity contribution in [2.75, 3.05) is 13.1 Å². The molecule has 0 unspecified atom stereocenters. The lowest BCUT2D eigenvalue weighted by Crippen LogP contribution is -2.52. The lowest BCUT2D eigenvalue weighted by Gasteiger charge is -2.36. The minimum Gasteiger partial charge on any atom is -0.368 e. The second kappa shape index (κ2) is 7.54. The molecule has 1 N–H and O–H groups in total. The molecule has 0 aliphatic carbocycles. The number of likely N-dealkylation sites (tertiary alicyclic amines) is 1. The van der Waals surface area contributed by atoms with Gasteiger partial charge in [-0.2, -0.15) is 0 Å². The number of hydrogen-bond acceptors (Lipinski definition) is 4. The first kappa shape index (κ1) is 16.5. The van der Waals surface area contributed by atoms with Gasteiger partial charge in [0, 0.05) is 31.3 Å². The van der Waals surface area contributed by atoms with E-state index in [0.717, 1.165) is 37.9 Å². The molecule has 0 radical (unpaired) electrons. The average Bonchev–Trinajstić information content (AvgIpc) is 3.31. The van der Waals surface area contributed by atoms with Gasteiger partial charge in [-0.15, -0.1) is 11.3 Å². The van der Waals surface area contributed by atoms with Gasteiger partial charge in [-0.3, -0.25) is 0 Å². The van der Waals surface area contributed by atoms with Crippen LogP contribution in [0, 0.1) is 0 Å². The summed E-state index contributed by atoms with van der Waals surface area (Å²) in [4.78, 5) is 18.9. The smallest absolute Gasteiger partial charge is 0.317 e. The molecule has 4 rings (SSSR count). The van der Waals surface area contributed by atoms with E-state index in [1.54, 1.807) is 11.3 Å². The minimum atomic E-state index is 0.0299. The van der Waals surface area contributed by atoms with Crippen LogP contribution in [0.3, 0.4) is 0 Å². The van der Waals surface area contributed by atoms with Crippen LogP contribution in [-0.4, -0.2) is 41.2 Å². The number of fused-ring (bicyclic) bond motifs is 1. The van der Waals surface area contributed by atoms with E-state index in [-0.39, 0.29) is 24.3 Å². The number of piperidine rings is 1. The number of carbonyl (C=O) groups excluding carboxylic acids is 1. The fourth-order valence-corrected chi connectivity index (χ4v) is 4.43. The van der Waals surface area contributed by atoms with Crippen molar-refractivity contribution in [3.63, 3.8) is 0 Å². The molecule has 132 valence electrons.